The molecule has 0 amide bonds. The van der Waals surface area contributed by atoms with Crippen molar-refractivity contribution in [3.05, 3.63) is 45.3 Å². The number of rotatable bonds is 8. The molecule has 0 aliphatic carbocycles. The Morgan fingerprint density at radius 2 is 1.50 bits per heavy atom. The molecular formula is C20H24Br2NO4P. The topological polar surface area (TPSA) is 71.7 Å². The van der Waals surface area contributed by atoms with E-state index in [9.17, 15) is 4.57 Å². The minimum atomic E-state index is -4.43. The first-order valence-electron chi connectivity index (χ1n) is 9.30. The van der Waals surface area contributed by atoms with E-state index in [-0.39, 0.29) is 12.1 Å². The summed E-state index contributed by atoms with van der Waals surface area (Å²) in [6, 6.07) is 12.7. The first kappa shape index (κ1) is 22.0. The molecule has 5 nitrogen and oxygen atoms in total. The quantitative estimate of drug-likeness (QED) is 0.249. The molecule has 0 aliphatic heterocycles. The van der Waals surface area contributed by atoms with Gasteiger partial charge in [-0.3, -0.25) is 4.52 Å². The molecule has 28 heavy (non-hydrogen) atoms. The third kappa shape index (κ3) is 4.40. The molecule has 0 spiro atoms. The van der Waals surface area contributed by atoms with Gasteiger partial charge in [0.05, 0.1) is 6.61 Å². The van der Waals surface area contributed by atoms with Crippen LogP contribution in [0.3, 0.4) is 0 Å². The highest BCUT2D eigenvalue weighted by Gasteiger charge is 2.31. The van der Waals surface area contributed by atoms with E-state index in [2.05, 4.69) is 91.2 Å². The Kier molecular flexibility index (Phi) is 6.75. The van der Waals surface area contributed by atoms with Crippen molar-refractivity contribution in [2.24, 2.45) is 0 Å². The van der Waals surface area contributed by atoms with E-state index in [1.165, 1.54) is 10.8 Å². The second-order valence-corrected chi connectivity index (χ2v) is 10.1. The summed E-state index contributed by atoms with van der Waals surface area (Å²) in [6.45, 7) is 4.38. The highest BCUT2D eigenvalue weighted by atomic mass is 79.9. The number of fused-ring (bicyclic) bond motifs is 3. The minimum Gasteiger partial charge on any atom is -0.334 e. The fourth-order valence-corrected chi connectivity index (χ4v) is 5.18. The van der Waals surface area contributed by atoms with E-state index in [1.54, 1.807) is 0 Å². The predicted molar refractivity (Wildman–Crippen MR) is 121 cm³/mol. The highest BCUT2D eigenvalue weighted by molar-refractivity contribution is 9.10. The Labute approximate surface area is 181 Å². The van der Waals surface area contributed by atoms with Gasteiger partial charge in [-0.05, 0) is 62.1 Å². The Balaban J connectivity index is 2.12. The maximum absolute atomic E-state index is 11.0. The molecule has 3 aromatic rings. The van der Waals surface area contributed by atoms with Gasteiger partial charge >= 0.3 is 7.82 Å². The molecule has 0 aliphatic rings. The van der Waals surface area contributed by atoms with Crippen LogP contribution in [0, 0.1) is 0 Å². The van der Waals surface area contributed by atoms with Crippen molar-refractivity contribution in [2.75, 3.05) is 6.61 Å². The first-order chi connectivity index (χ1) is 13.2. The highest BCUT2D eigenvalue weighted by Crippen LogP contribution is 2.42. The monoisotopic (exact) mass is 531 g/mol. The van der Waals surface area contributed by atoms with Crippen LogP contribution in [0.25, 0.3) is 21.8 Å². The lowest BCUT2D eigenvalue weighted by Gasteiger charge is -2.36. The third-order valence-electron chi connectivity index (χ3n) is 5.53. The summed E-state index contributed by atoms with van der Waals surface area (Å²) in [5.74, 6) is 0. The van der Waals surface area contributed by atoms with Crippen LogP contribution in [0.1, 0.15) is 39.5 Å². The fourth-order valence-electron chi connectivity index (χ4n) is 4.10. The molecule has 2 aromatic carbocycles. The zero-order valence-electron chi connectivity index (χ0n) is 15.9. The number of phosphoric acid groups is 1. The second-order valence-electron chi connectivity index (χ2n) is 7.02. The maximum Gasteiger partial charge on any atom is 0.469 e. The van der Waals surface area contributed by atoms with E-state index >= 15 is 0 Å². The van der Waals surface area contributed by atoms with Crippen molar-refractivity contribution in [1.82, 2.24) is 4.57 Å². The van der Waals surface area contributed by atoms with Crippen molar-refractivity contribution in [3.63, 3.8) is 0 Å². The number of hydrogen-bond acceptors (Lipinski definition) is 2. The summed E-state index contributed by atoms with van der Waals surface area (Å²) in [5.41, 5.74) is 2.16. The molecular weight excluding hydrogens is 509 g/mol. The van der Waals surface area contributed by atoms with Gasteiger partial charge in [0.1, 0.15) is 0 Å². The molecule has 1 aromatic heterocycles. The van der Waals surface area contributed by atoms with Gasteiger partial charge in [0, 0.05) is 36.3 Å². The Hall–Kier alpha value is -0.690. The molecule has 3 rings (SSSR count). The smallest absolute Gasteiger partial charge is 0.334 e. The van der Waals surface area contributed by atoms with Gasteiger partial charge in [-0.1, -0.05) is 45.7 Å². The fraction of sp³-hybridized carbons (Fsp3) is 0.400. The molecule has 8 heteroatoms. The van der Waals surface area contributed by atoms with Crippen LogP contribution < -0.4 is 0 Å². The summed E-state index contributed by atoms with van der Waals surface area (Å²) in [4.78, 5) is 17.9. The van der Waals surface area contributed by atoms with Crippen LogP contribution in [-0.4, -0.2) is 21.0 Å². The average Bonchev–Trinajstić information content (AvgIpc) is 2.95. The normalized spacial score (nSPS) is 12.9. The van der Waals surface area contributed by atoms with Gasteiger partial charge in [0.15, 0.2) is 0 Å². The Morgan fingerprint density at radius 3 is 1.93 bits per heavy atom. The second kappa shape index (κ2) is 8.58. The maximum atomic E-state index is 11.0. The van der Waals surface area contributed by atoms with Crippen LogP contribution in [0.15, 0.2) is 45.3 Å². The van der Waals surface area contributed by atoms with Crippen molar-refractivity contribution in [1.29, 1.82) is 0 Å². The number of nitrogens with zero attached hydrogens (tertiary/aromatic N) is 1. The van der Waals surface area contributed by atoms with Crippen molar-refractivity contribution in [3.8, 4) is 0 Å². The summed E-state index contributed by atoms with van der Waals surface area (Å²) in [6.07, 6.45) is 3.15. The Morgan fingerprint density at radius 1 is 1.00 bits per heavy atom. The van der Waals surface area contributed by atoms with Gasteiger partial charge in [0.2, 0.25) is 0 Å². The van der Waals surface area contributed by atoms with E-state index in [0.29, 0.717) is 6.42 Å². The summed E-state index contributed by atoms with van der Waals surface area (Å²) in [5, 5.41) is 2.37. The SMILES string of the molecule is CCC(CC)(CCCOP(=O)(O)O)n1c2ccc(Br)cc2c2cc(Br)ccc21. The zero-order chi connectivity index (χ0) is 20.5. The van der Waals surface area contributed by atoms with E-state index in [0.717, 1.165) is 39.2 Å². The summed E-state index contributed by atoms with van der Waals surface area (Å²) < 4.78 is 20.2. The van der Waals surface area contributed by atoms with Crippen molar-refractivity contribution >= 4 is 61.5 Å². The van der Waals surface area contributed by atoms with E-state index < -0.39 is 7.82 Å². The van der Waals surface area contributed by atoms with E-state index in [4.69, 9.17) is 9.79 Å². The number of halogens is 2. The molecule has 152 valence electrons. The van der Waals surface area contributed by atoms with Gasteiger partial charge in [-0.25, -0.2) is 4.57 Å². The third-order valence-corrected chi connectivity index (χ3v) is 7.03. The van der Waals surface area contributed by atoms with Gasteiger partial charge < -0.3 is 14.4 Å². The van der Waals surface area contributed by atoms with Crippen LogP contribution in [0.2, 0.25) is 0 Å². The molecule has 0 atom stereocenters. The lowest BCUT2D eigenvalue weighted by molar-refractivity contribution is 0.173. The van der Waals surface area contributed by atoms with E-state index in [1.807, 2.05) is 0 Å². The predicted octanol–water partition coefficient (Wildman–Crippen LogP) is 6.72. The standard InChI is InChI=1S/C20H24Br2NO4P/c1-3-20(4-2,10-5-11-27-28(24,25)26)23-18-8-6-14(21)12-16(18)17-13-15(22)7-9-19(17)23/h6-9,12-13H,3-5,10-11H2,1-2H3,(H2,24,25,26). The lowest BCUT2D eigenvalue weighted by Crippen LogP contribution is -2.32. The molecule has 0 bridgehead atoms. The average molecular weight is 533 g/mol. The van der Waals surface area contributed by atoms with Crippen LogP contribution in [-0.2, 0) is 14.6 Å². The molecule has 0 saturated heterocycles. The van der Waals surface area contributed by atoms with Crippen molar-refractivity contribution < 1.29 is 18.9 Å². The van der Waals surface area contributed by atoms with Gasteiger partial charge in [-0.15, -0.1) is 0 Å². The number of phosphoric ester groups is 1. The molecule has 2 N–H and O–H groups in total. The first-order valence-corrected chi connectivity index (χ1v) is 12.4. The molecule has 1 heterocycles. The molecule has 0 saturated carbocycles. The summed E-state index contributed by atoms with van der Waals surface area (Å²) >= 11 is 7.18. The van der Waals surface area contributed by atoms with Crippen molar-refractivity contribution in [2.45, 2.75) is 45.1 Å². The Bertz CT molecular complexity index is 980. The summed E-state index contributed by atoms with van der Waals surface area (Å²) in [7, 11) is -4.43. The van der Waals surface area contributed by atoms with Gasteiger partial charge in [0.25, 0.3) is 0 Å². The molecule has 0 unspecified atom stereocenters. The largest absolute Gasteiger partial charge is 0.469 e. The van der Waals surface area contributed by atoms with Gasteiger partial charge in [-0.2, -0.15) is 0 Å². The van der Waals surface area contributed by atoms with Crippen LogP contribution in [0.5, 0.6) is 0 Å². The number of benzene rings is 2. The zero-order valence-corrected chi connectivity index (χ0v) is 19.9. The number of aromatic nitrogens is 1. The van der Waals surface area contributed by atoms with Crippen LogP contribution in [0.4, 0.5) is 0 Å². The van der Waals surface area contributed by atoms with Crippen LogP contribution >= 0.6 is 39.7 Å². The lowest BCUT2D eigenvalue weighted by atomic mass is 9.87. The minimum absolute atomic E-state index is 0.0419. The molecule has 0 fully saturated rings. The molecule has 0 radical (unpaired) electrons. The number of hydrogen-bond donors (Lipinski definition) is 2.